The van der Waals surface area contributed by atoms with Crippen LogP contribution in [0.2, 0.25) is 0 Å². The second-order valence-corrected chi connectivity index (χ2v) is 4.11. The van der Waals surface area contributed by atoms with Gasteiger partial charge < -0.3 is 0 Å². The highest BCUT2D eigenvalue weighted by atomic mass is 79.9. The lowest BCUT2D eigenvalue weighted by atomic mass is 10.7. The molecule has 0 aromatic carbocycles. The van der Waals surface area contributed by atoms with Crippen LogP contribution < -0.4 is 0 Å². The lowest BCUT2D eigenvalue weighted by Gasteiger charge is -1.85. The fourth-order valence-electron chi connectivity index (χ4n) is 0.426. The van der Waals surface area contributed by atoms with E-state index in [1.165, 1.54) is 8.68 Å². The zero-order valence-electron chi connectivity index (χ0n) is 4.35. The summed E-state index contributed by atoms with van der Waals surface area (Å²) in [7, 11) is 0. The first kappa shape index (κ1) is 6.65. The van der Waals surface area contributed by atoms with Gasteiger partial charge in [-0.3, -0.25) is 0 Å². The molecule has 0 N–H and O–H groups in total. The maximum absolute atomic E-state index is 3.42. The Morgan fingerprint density at radius 2 is 2.50 bits per heavy atom. The molecule has 0 aliphatic carbocycles. The number of hydrogen-bond donors (Lipinski definition) is 0. The monoisotopic (exact) mass is 208 g/mol. The molecule has 0 nitrogen and oxygen atoms in total. The predicted molar refractivity (Wildman–Crippen MR) is 43.8 cm³/mol. The molecule has 1 aromatic heterocycles. The molecular formula is C5H5BrS2. The maximum atomic E-state index is 3.42. The SMILES string of the molecule is CSc1sccc1Br. The second-order valence-electron chi connectivity index (χ2n) is 1.26. The first-order valence-electron chi connectivity index (χ1n) is 2.11. The summed E-state index contributed by atoms with van der Waals surface area (Å²) in [5.74, 6) is 0. The van der Waals surface area contributed by atoms with Gasteiger partial charge in [0.15, 0.2) is 0 Å². The van der Waals surface area contributed by atoms with Gasteiger partial charge in [0.2, 0.25) is 0 Å². The standard InChI is InChI=1S/C5H5BrS2/c1-7-5-4(6)2-3-8-5/h2-3H,1H3. The third kappa shape index (κ3) is 1.27. The molecule has 0 fully saturated rings. The summed E-state index contributed by atoms with van der Waals surface area (Å²) in [5, 5.41) is 2.08. The molecule has 0 radical (unpaired) electrons. The van der Waals surface area contributed by atoms with E-state index in [0.29, 0.717) is 0 Å². The van der Waals surface area contributed by atoms with Crippen molar-refractivity contribution in [3.8, 4) is 0 Å². The van der Waals surface area contributed by atoms with Crippen LogP contribution in [0.3, 0.4) is 0 Å². The summed E-state index contributed by atoms with van der Waals surface area (Å²) in [6, 6.07) is 2.07. The largest absolute Gasteiger partial charge is 0.136 e. The molecule has 44 valence electrons. The fraction of sp³-hybridized carbons (Fsp3) is 0.200. The Balaban J connectivity index is 2.92. The molecule has 0 bridgehead atoms. The topological polar surface area (TPSA) is 0 Å². The van der Waals surface area contributed by atoms with Crippen molar-refractivity contribution in [1.82, 2.24) is 0 Å². The number of rotatable bonds is 1. The van der Waals surface area contributed by atoms with Crippen molar-refractivity contribution in [3.05, 3.63) is 15.9 Å². The predicted octanol–water partition coefficient (Wildman–Crippen LogP) is 3.23. The second kappa shape index (κ2) is 2.90. The van der Waals surface area contributed by atoms with Crippen molar-refractivity contribution in [3.63, 3.8) is 0 Å². The molecule has 3 heteroatoms. The van der Waals surface area contributed by atoms with E-state index >= 15 is 0 Å². The van der Waals surface area contributed by atoms with Crippen LogP contribution >= 0.6 is 39.0 Å². The average molecular weight is 209 g/mol. The van der Waals surface area contributed by atoms with E-state index in [1.54, 1.807) is 23.1 Å². The molecule has 0 unspecified atom stereocenters. The van der Waals surface area contributed by atoms with Crippen LogP contribution in [0.1, 0.15) is 0 Å². The van der Waals surface area contributed by atoms with Crippen LogP contribution in [0.4, 0.5) is 0 Å². The van der Waals surface area contributed by atoms with Gasteiger partial charge in [-0.2, -0.15) is 0 Å². The summed E-state index contributed by atoms with van der Waals surface area (Å²) in [6.07, 6.45) is 2.08. The first-order valence-corrected chi connectivity index (χ1v) is 5.01. The molecule has 0 amide bonds. The molecule has 1 rings (SSSR count). The maximum Gasteiger partial charge on any atom is 0.0738 e. The minimum Gasteiger partial charge on any atom is -0.136 e. The van der Waals surface area contributed by atoms with E-state index < -0.39 is 0 Å². The Morgan fingerprint density at radius 1 is 1.75 bits per heavy atom. The van der Waals surface area contributed by atoms with Gasteiger partial charge in [0.25, 0.3) is 0 Å². The van der Waals surface area contributed by atoms with Crippen LogP contribution in [0, 0.1) is 0 Å². The van der Waals surface area contributed by atoms with Crippen LogP contribution in [-0.2, 0) is 0 Å². The Kier molecular flexibility index (Phi) is 2.41. The molecule has 0 spiro atoms. The number of thiophene rings is 1. The lowest BCUT2D eigenvalue weighted by Crippen LogP contribution is -1.54. The minimum atomic E-state index is 1.22. The molecule has 0 saturated carbocycles. The number of hydrogen-bond acceptors (Lipinski definition) is 2. The van der Waals surface area contributed by atoms with Gasteiger partial charge in [-0.15, -0.1) is 23.1 Å². The molecule has 1 heterocycles. The van der Waals surface area contributed by atoms with Gasteiger partial charge in [-0.05, 0) is 33.6 Å². The normalized spacial score (nSPS) is 9.75. The molecular weight excluding hydrogens is 204 g/mol. The van der Waals surface area contributed by atoms with Gasteiger partial charge in [-0.25, -0.2) is 0 Å². The van der Waals surface area contributed by atoms with E-state index in [1.807, 2.05) is 0 Å². The summed E-state index contributed by atoms with van der Waals surface area (Å²) >= 11 is 6.96. The first-order chi connectivity index (χ1) is 3.84. The molecule has 0 saturated heterocycles. The Morgan fingerprint density at radius 3 is 2.75 bits per heavy atom. The van der Waals surface area contributed by atoms with Crippen molar-refractivity contribution in [2.45, 2.75) is 4.21 Å². The van der Waals surface area contributed by atoms with E-state index in [9.17, 15) is 0 Å². The quantitative estimate of drug-likeness (QED) is 0.640. The van der Waals surface area contributed by atoms with Crippen LogP contribution in [-0.4, -0.2) is 6.26 Å². The Hall–Kier alpha value is 0.530. The smallest absolute Gasteiger partial charge is 0.0738 e. The third-order valence-corrected chi connectivity index (χ3v) is 4.04. The zero-order valence-corrected chi connectivity index (χ0v) is 7.57. The van der Waals surface area contributed by atoms with Crippen molar-refractivity contribution < 1.29 is 0 Å². The van der Waals surface area contributed by atoms with Crippen LogP contribution in [0.25, 0.3) is 0 Å². The van der Waals surface area contributed by atoms with Gasteiger partial charge >= 0.3 is 0 Å². The van der Waals surface area contributed by atoms with E-state index in [4.69, 9.17) is 0 Å². The van der Waals surface area contributed by atoms with Gasteiger partial charge in [0.05, 0.1) is 4.21 Å². The lowest BCUT2D eigenvalue weighted by molar-refractivity contribution is 1.65. The minimum absolute atomic E-state index is 1.22. The Bertz CT molecular complexity index is 171. The molecule has 0 atom stereocenters. The highest BCUT2D eigenvalue weighted by Crippen LogP contribution is 2.30. The van der Waals surface area contributed by atoms with Crippen molar-refractivity contribution in [2.75, 3.05) is 6.26 Å². The van der Waals surface area contributed by atoms with Gasteiger partial charge in [-0.1, -0.05) is 0 Å². The highest BCUT2D eigenvalue weighted by molar-refractivity contribution is 9.10. The highest BCUT2D eigenvalue weighted by Gasteiger charge is 1.95. The van der Waals surface area contributed by atoms with E-state index in [2.05, 4.69) is 33.6 Å². The Labute approximate surface area is 65.4 Å². The van der Waals surface area contributed by atoms with Gasteiger partial charge in [0, 0.05) is 4.47 Å². The molecule has 0 aliphatic heterocycles. The fourth-order valence-corrected chi connectivity index (χ4v) is 2.82. The number of halogens is 1. The van der Waals surface area contributed by atoms with Crippen LogP contribution in [0.5, 0.6) is 0 Å². The zero-order chi connectivity index (χ0) is 5.98. The molecule has 8 heavy (non-hydrogen) atoms. The van der Waals surface area contributed by atoms with Crippen molar-refractivity contribution in [1.29, 1.82) is 0 Å². The van der Waals surface area contributed by atoms with E-state index in [-0.39, 0.29) is 0 Å². The van der Waals surface area contributed by atoms with E-state index in [0.717, 1.165) is 0 Å². The summed E-state index contributed by atoms with van der Waals surface area (Å²) in [4.78, 5) is 0. The summed E-state index contributed by atoms with van der Waals surface area (Å²) in [5.41, 5.74) is 0. The summed E-state index contributed by atoms with van der Waals surface area (Å²) < 4.78 is 2.57. The number of thioether (sulfide) groups is 1. The van der Waals surface area contributed by atoms with Gasteiger partial charge in [0.1, 0.15) is 0 Å². The molecule has 1 aromatic rings. The summed E-state index contributed by atoms with van der Waals surface area (Å²) in [6.45, 7) is 0. The third-order valence-electron chi connectivity index (χ3n) is 0.770. The molecule has 0 aliphatic rings. The van der Waals surface area contributed by atoms with Crippen molar-refractivity contribution >= 4 is 39.0 Å². The van der Waals surface area contributed by atoms with Crippen molar-refractivity contribution in [2.24, 2.45) is 0 Å². The van der Waals surface area contributed by atoms with Crippen LogP contribution in [0.15, 0.2) is 20.1 Å². The average Bonchev–Trinajstić information content (AvgIpc) is 2.14.